The van der Waals surface area contributed by atoms with Gasteiger partial charge in [0, 0.05) is 26.6 Å². The van der Waals surface area contributed by atoms with Gasteiger partial charge in [-0.25, -0.2) is 0 Å². The van der Waals surface area contributed by atoms with Crippen molar-refractivity contribution in [2.75, 3.05) is 33.4 Å². The predicted octanol–water partition coefficient (Wildman–Crippen LogP) is 2.19. The number of carbonyl (C=O) groups excluding carboxylic acids is 1. The number of rotatable bonds is 12. The second-order valence-corrected chi connectivity index (χ2v) is 4.89. The minimum atomic E-state index is 0.190. The van der Waals surface area contributed by atoms with Crippen molar-refractivity contribution >= 4 is 5.91 Å². The molecule has 1 unspecified atom stereocenters. The molecule has 0 aliphatic heterocycles. The average molecular weight is 270 g/mol. The molecule has 0 aromatic rings. The summed E-state index contributed by atoms with van der Waals surface area (Å²) in [4.78, 5) is 14.0. The SMILES string of the molecule is C=CCN(CCOC)C(=O)CCC(CCC)CCN. The molecule has 112 valence electrons. The molecule has 19 heavy (non-hydrogen) atoms. The fourth-order valence-electron chi connectivity index (χ4n) is 2.24. The standard InChI is InChI=1S/C15H30N2O2/c1-4-6-14(9-10-16)7-8-15(18)17(11-5-2)12-13-19-3/h5,14H,2,4,6-13,16H2,1,3H3. The first-order valence-corrected chi connectivity index (χ1v) is 7.27. The van der Waals surface area contributed by atoms with Crippen molar-refractivity contribution in [3.8, 4) is 0 Å². The van der Waals surface area contributed by atoms with E-state index < -0.39 is 0 Å². The van der Waals surface area contributed by atoms with Crippen LogP contribution in [0.15, 0.2) is 12.7 Å². The highest BCUT2D eigenvalue weighted by Crippen LogP contribution is 2.17. The molecule has 1 amide bonds. The van der Waals surface area contributed by atoms with Crippen LogP contribution in [0.1, 0.15) is 39.0 Å². The molecule has 0 saturated heterocycles. The summed E-state index contributed by atoms with van der Waals surface area (Å²) in [6.07, 6.45) is 6.62. The lowest BCUT2D eigenvalue weighted by molar-refractivity contribution is -0.131. The molecular weight excluding hydrogens is 240 g/mol. The monoisotopic (exact) mass is 270 g/mol. The topological polar surface area (TPSA) is 55.6 Å². The average Bonchev–Trinajstić information content (AvgIpc) is 2.41. The Hall–Kier alpha value is -0.870. The fraction of sp³-hybridized carbons (Fsp3) is 0.800. The lowest BCUT2D eigenvalue weighted by atomic mass is 9.94. The summed E-state index contributed by atoms with van der Waals surface area (Å²) in [6, 6.07) is 0. The Balaban J connectivity index is 4.16. The first-order valence-electron chi connectivity index (χ1n) is 7.27. The summed E-state index contributed by atoms with van der Waals surface area (Å²) in [7, 11) is 1.65. The van der Waals surface area contributed by atoms with Gasteiger partial charge in [0.25, 0.3) is 0 Å². The molecule has 0 bridgehead atoms. The number of hydrogen-bond acceptors (Lipinski definition) is 3. The molecule has 4 heteroatoms. The molecule has 0 aliphatic rings. The zero-order valence-corrected chi connectivity index (χ0v) is 12.6. The van der Waals surface area contributed by atoms with E-state index in [1.54, 1.807) is 13.2 Å². The molecule has 2 N–H and O–H groups in total. The van der Waals surface area contributed by atoms with Gasteiger partial charge in [0.1, 0.15) is 0 Å². The number of carbonyl (C=O) groups is 1. The van der Waals surface area contributed by atoms with Gasteiger partial charge < -0.3 is 15.4 Å². The lowest BCUT2D eigenvalue weighted by Crippen LogP contribution is -2.34. The van der Waals surface area contributed by atoms with Crippen molar-refractivity contribution in [2.45, 2.75) is 39.0 Å². The van der Waals surface area contributed by atoms with Crippen molar-refractivity contribution in [1.29, 1.82) is 0 Å². The van der Waals surface area contributed by atoms with Crippen LogP contribution in [0.5, 0.6) is 0 Å². The first-order chi connectivity index (χ1) is 9.19. The molecule has 0 radical (unpaired) electrons. The van der Waals surface area contributed by atoms with Crippen molar-refractivity contribution in [1.82, 2.24) is 4.90 Å². The van der Waals surface area contributed by atoms with E-state index in [0.29, 0.717) is 38.6 Å². The van der Waals surface area contributed by atoms with E-state index in [4.69, 9.17) is 10.5 Å². The van der Waals surface area contributed by atoms with Crippen LogP contribution in [0.2, 0.25) is 0 Å². The Morgan fingerprint density at radius 2 is 2.16 bits per heavy atom. The third kappa shape index (κ3) is 8.78. The number of amides is 1. The van der Waals surface area contributed by atoms with Crippen LogP contribution in [0.4, 0.5) is 0 Å². The number of nitrogens with zero attached hydrogens (tertiary/aromatic N) is 1. The zero-order valence-electron chi connectivity index (χ0n) is 12.6. The van der Waals surface area contributed by atoms with E-state index in [0.717, 1.165) is 25.7 Å². The van der Waals surface area contributed by atoms with Crippen molar-refractivity contribution < 1.29 is 9.53 Å². The first kappa shape index (κ1) is 18.1. The lowest BCUT2D eigenvalue weighted by Gasteiger charge is -2.22. The van der Waals surface area contributed by atoms with Gasteiger partial charge in [-0.3, -0.25) is 4.79 Å². The largest absolute Gasteiger partial charge is 0.383 e. The van der Waals surface area contributed by atoms with E-state index in [1.165, 1.54) is 0 Å². The fourth-order valence-corrected chi connectivity index (χ4v) is 2.24. The van der Waals surface area contributed by atoms with Crippen LogP contribution in [-0.4, -0.2) is 44.2 Å². The highest BCUT2D eigenvalue weighted by atomic mass is 16.5. The Morgan fingerprint density at radius 3 is 2.68 bits per heavy atom. The van der Waals surface area contributed by atoms with E-state index in [-0.39, 0.29) is 5.91 Å². The Morgan fingerprint density at radius 1 is 1.42 bits per heavy atom. The summed E-state index contributed by atoms with van der Waals surface area (Å²) in [6.45, 7) is 8.38. The summed E-state index contributed by atoms with van der Waals surface area (Å²) < 4.78 is 5.03. The van der Waals surface area contributed by atoms with Gasteiger partial charge in [0.2, 0.25) is 5.91 Å². The molecule has 0 aliphatic carbocycles. The number of nitrogens with two attached hydrogens (primary N) is 1. The van der Waals surface area contributed by atoms with Crippen LogP contribution < -0.4 is 5.73 Å². The van der Waals surface area contributed by atoms with Crippen molar-refractivity contribution in [3.05, 3.63) is 12.7 Å². The van der Waals surface area contributed by atoms with Crippen LogP contribution in [0.25, 0.3) is 0 Å². The van der Waals surface area contributed by atoms with E-state index in [2.05, 4.69) is 13.5 Å². The Labute approximate surface area is 118 Å². The molecular formula is C15H30N2O2. The van der Waals surface area contributed by atoms with Crippen LogP contribution in [-0.2, 0) is 9.53 Å². The van der Waals surface area contributed by atoms with Gasteiger partial charge in [0.15, 0.2) is 0 Å². The van der Waals surface area contributed by atoms with Crippen LogP contribution in [0.3, 0.4) is 0 Å². The van der Waals surface area contributed by atoms with Crippen LogP contribution in [0, 0.1) is 5.92 Å². The van der Waals surface area contributed by atoms with Gasteiger partial charge in [-0.1, -0.05) is 25.8 Å². The molecule has 1 atom stereocenters. The van der Waals surface area contributed by atoms with Crippen molar-refractivity contribution in [3.63, 3.8) is 0 Å². The number of ether oxygens (including phenoxy) is 1. The maximum absolute atomic E-state index is 12.1. The van der Waals surface area contributed by atoms with E-state index in [9.17, 15) is 4.79 Å². The minimum Gasteiger partial charge on any atom is -0.383 e. The molecule has 0 fully saturated rings. The van der Waals surface area contributed by atoms with Crippen molar-refractivity contribution in [2.24, 2.45) is 11.7 Å². The van der Waals surface area contributed by atoms with Gasteiger partial charge in [-0.05, 0) is 25.3 Å². The van der Waals surface area contributed by atoms with E-state index in [1.807, 2.05) is 4.90 Å². The molecule has 4 nitrogen and oxygen atoms in total. The summed E-state index contributed by atoms with van der Waals surface area (Å²) in [5.41, 5.74) is 5.61. The molecule has 0 spiro atoms. The second kappa shape index (κ2) is 12.2. The quantitative estimate of drug-likeness (QED) is 0.553. The summed E-state index contributed by atoms with van der Waals surface area (Å²) in [5.74, 6) is 0.766. The number of hydrogen-bond donors (Lipinski definition) is 1. The maximum Gasteiger partial charge on any atom is 0.222 e. The van der Waals surface area contributed by atoms with Gasteiger partial charge in [-0.2, -0.15) is 0 Å². The Kier molecular flexibility index (Phi) is 11.6. The third-order valence-electron chi connectivity index (χ3n) is 3.31. The van der Waals surface area contributed by atoms with E-state index >= 15 is 0 Å². The van der Waals surface area contributed by atoms with Gasteiger partial charge in [0.05, 0.1) is 6.61 Å². The highest BCUT2D eigenvalue weighted by molar-refractivity contribution is 5.76. The third-order valence-corrected chi connectivity index (χ3v) is 3.31. The normalized spacial score (nSPS) is 12.2. The predicted molar refractivity (Wildman–Crippen MR) is 80.0 cm³/mol. The highest BCUT2D eigenvalue weighted by Gasteiger charge is 2.14. The summed E-state index contributed by atoms with van der Waals surface area (Å²) in [5, 5.41) is 0. The smallest absolute Gasteiger partial charge is 0.222 e. The number of methoxy groups -OCH3 is 1. The van der Waals surface area contributed by atoms with Gasteiger partial charge >= 0.3 is 0 Å². The molecule has 0 rings (SSSR count). The molecule has 0 heterocycles. The molecule has 0 aromatic heterocycles. The second-order valence-electron chi connectivity index (χ2n) is 4.89. The maximum atomic E-state index is 12.1. The zero-order chi connectivity index (χ0) is 14.5. The van der Waals surface area contributed by atoms with Crippen LogP contribution >= 0.6 is 0 Å². The molecule has 0 aromatic carbocycles. The summed E-state index contributed by atoms with van der Waals surface area (Å²) >= 11 is 0. The Bertz CT molecular complexity index is 238. The minimum absolute atomic E-state index is 0.190. The van der Waals surface area contributed by atoms with Gasteiger partial charge in [-0.15, -0.1) is 6.58 Å². The molecule has 0 saturated carbocycles.